The lowest BCUT2D eigenvalue weighted by atomic mass is 9.76. The Morgan fingerprint density at radius 1 is 0.333 bits per heavy atom. The molecular formula is C45H47P3. The summed E-state index contributed by atoms with van der Waals surface area (Å²) >= 11 is 0. The smallest absolute Gasteiger partial charge is 0.00874 e. The van der Waals surface area contributed by atoms with Gasteiger partial charge in [-0.1, -0.05) is 210 Å². The molecule has 0 fully saturated rings. The predicted octanol–water partition coefficient (Wildman–Crippen LogP) is 9.95. The van der Waals surface area contributed by atoms with Crippen molar-refractivity contribution < 1.29 is 0 Å². The van der Waals surface area contributed by atoms with Crippen LogP contribution in [0.2, 0.25) is 0 Å². The van der Waals surface area contributed by atoms with Crippen molar-refractivity contribution in [1.29, 1.82) is 0 Å². The molecule has 242 valence electrons. The molecule has 0 aliphatic carbocycles. The summed E-state index contributed by atoms with van der Waals surface area (Å²) in [5, 5.41) is 8.81. The zero-order valence-electron chi connectivity index (χ0n) is 28.6. The number of hydrogen-bond acceptors (Lipinski definition) is 0. The van der Waals surface area contributed by atoms with Crippen LogP contribution in [0.15, 0.2) is 182 Å². The van der Waals surface area contributed by atoms with Crippen molar-refractivity contribution in [2.45, 2.75) is 51.1 Å². The van der Waals surface area contributed by atoms with Crippen LogP contribution in [0.1, 0.15) is 34.1 Å². The van der Waals surface area contributed by atoms with Crippen molar-refractivity contribution >= 4 is 55.6 Å². The van der Waals surface area contributed by atoms with E-state index >= 15 is 0 Å². The molecule has 0 nitrogen and oxygen atoms in total. The fraction of sp³-hybridized carbons (Fsp3) is 0.200. The van der Waals surface area contributed by atoms with E-state index in [1.807, 2.05) is 0 Å². The van der Waals surface area contributed by atoms with E-state index in [2.05, 4.69) is 210 Å². The van der Waals surface area contributed by atoms with E-state index in [9.17, 15) is 0 Å². The van der Waals surface area contributed by atoms with Crippen LogP contribution < -0.4 is 31.8 Å². The summed E-state index contributed by atoms with van der Waals surface area (Å²) in [6, 6.07) is 68.5. The Bertz CT molecular complexity index is 1460. The van der Waals surface area contributed by atoms with Gasteiger partial charge in [0.2, 0.25) is 0 Å². The van der Waals surface area contributed by atoms with Gasteiger partial charge in [-0.2, -0.15) is 0 Å². The van der Waals surface area contributed by atoms with Crippen molar-refractivity contribution in [2.75, 3.05) is 0 Å². The standard InChI is InChI=1S/C45H47P3/c1-5-45(36(2)46(39-24-12-6-13-25-39)40-26-14-7-15-27-40,37(3)47(41-28-16-8-17-29-41)42-30-18-9-19-31-42)38(4)48(43-32-20-10-21-33-43)44-34-22-11-23-35-44/h6-38H,5H2,1-4H3. The number of hydrogen-bond donors (Lipinski definition) is 0. The molecule has 6 aromatic carbocycles. The summed E-state index contributed by atoms with van der Waals surface area (Å²) in [5.41, 5.74) is 1.21. The molecule has 0 aliphatic heterocycles. The summed E-state index contributed by atoms with van der Waals surface area (Å²) in [4.78, 5) is 0. The molecule has 6 aromatic rings. The molecule has 0 saturated carbocycles. The van der Waals surface area contributed by atoms with Crippen molar-refractivity contribution in [1.82, 2.24) is 0 Å². The summed E-state index contributed by atoms with van der Waals surface area (Å²) in [5.74, 6) is 0. The van der Waals surface area contributed by atoms with Crippen LogP contribution in [-0.2, 0) is 0 Å². The van der Waals surface area contributed by atoms with Crippen LogP contribution in [0.3, 0.4) is 0 Å². The highest BCUT2D eigenvalue weighted by molar-refractivity contribution is 7.76. The Labute approximate surface area is 293 Å². The number of benzene rings is 6. The monoisotopic (exact) mass is 680 g/mol. The normalized spacial score (nSPS) is 14.8. The fourth-order valence-electron chi connectivity index (χ4n) is 7.97. The van der Waals surface area contributed by atoms with Crippen molar-refractivity contribution in [3.63, 3.8) is 0 Å². The first-order chi connectivity index (χ1) is 23.6. The average Bonchev–Trinajstić information content (AvgIpc) is 3.15. The minimum absolute atomic E-state index is 0.00778. The van der Waals surface area contributed by atoms with Crippen LogP contribution in [-0.4, -0.2) is 17.0 Å². The van der Waals surface area contributed by atoms with E-state index < -0.39 is 23.8 Å². The van der Waals surface area contributed by atoms with Crippen LogP contribution in [0.25, 0.3) is 0 Å². The maximum Gasteiger partial charge on any atom is -0.00874 e. The summed E-state index contributed by atoms with van der Waals surface area (Å²) in [6.45, 7) is 10.4. The third-order valence-electron chi connectivity index (χ3n) is 10.3. The average molecular weight is 681 g/mol. The van der Waals surface area contributed by atoms with E-state index in [1.54, 1.807) is 0 Å². The van der Waals surface area contributed by atoms with Gasteiger partial charge in [-0.15, -0.1) is 0 Å². The van der Waals surface area contributed by atoms with Crippen LogP contribution in [0.4, 0.5) is 0 Å². The lowest BCUT2D eigenvalue weighted by molar-refractivity contribution is 0.263. The van der Waals surface area contributed by atoms with Gasteiger partial charge in [-0.05, 0) is 84.4 Å². The Morgan fingerprint density at radius 2 is 0.500 bits per heavy atom. The van der Waals surface area contributed by atoms with Gasteiger partial charge < -0.3 is 0 Å². The van der Waals surface area contributed by atoms with Gasteiger partial charge in [0.15, 0.2) is 0 Å². The third-order valence-corrected chi connectivity index (χ3v) is 19.2. The quantitative estimate of drug-likeness (QED) is 0.107. The van der Waals surface area contributed by atoms with Crippen molar-refractivity contribution in [3.8, 4) is 0 Å². The molecule has 3 unspecified atom stereocenters. The lowest BCUT2D eigenvalue weighted by Crippen LogP contribution is -2.52. The Balaban J connectivity index is 1.63. The largest absolute Gasteiger partial charge is 0.0648 e. The first-order valence-corrected chi connectivity index (χ1v) is 21.5. The van der Waals surface area contributed by atoms with Gasteiger partial charge >= 0.3 is 0 Å². The first-order valence-electron chi connectivity index (χ1n) is 17.2. The summed E-state index contributed by atoms with van der Waals surface area (Å²) in [7, 11) is -2.03. The minimum atomic E-state index is -0.675. The van der Waals surface area contributed by atoms with Crippen LogP contribution >= 0.6 is 23.8 Å². The van der Waals surface area contributed by atoms with Gasteiger partial charge in [-0.25, -0.2) is 0 Å². The topological polar surface area (TPSA) is 0 Å². The third kappa shape index (κ3) is 7.15. The maximum atomic E-state index is 2.62. The van der Waals surface area contributed by atoms with Gasteiger partial charge in [0.1, 0.15) is 0 Å². The fourth-order valence-corrected chi connectivity index (χ4v) is 18.2. The predicted molar refractivity (Wildman–Crippen MR) is 218 cm³/mol. The molecule has 3 atom stereocenters. The summed E-state index contributed by atoms with van der Waals surface area (Å²) < 4.78 is 0. The van der Waals surface area contributed by atoms with Crippen molar-refractivity contribution in [2.24, 2.45) is 5.41 Å². The van der Waals surface area contributed by atoms with E-state index in [0.717, 1.165) is 6.42 Å². The van der Waals surface area contributed by atoms with E-state index in [-0.39, 0.29) is 5.41 Å². The molecule has 0 aromatic heterocycles. The molecule has 0 N–H and O–H groups in total. The molecule has 48 heavy (non-hydrogen) atoms. The number of rotatable bonds is 13. The second-order valence-electron chi connectivity index (χ2n) is 12.6. The van der Waals surface area contributed by atoms with Crippen LogP contribution in [0, 0.1) is 5.41 Å². The Kier molecular flexibility index (Phi) is 11.7. The highest BCUT2D eigenvalue weighted by Crippen LogP contribution is 2.64. The SMILES string of the molecule is CCC(C(C)P(c1ccccc1)c1ccccc1)(C(C)P(c1ccccc1)c1ccccc1)C(C)P(c1ccccc1)c1ccccc1. The molecule has 0 spiro atoms. The molecule has 6 rings (SSSR count). The van der Waals surface area contributed by atoms with E-state index in [0.29, 0.717) is 17.0 Å². The molecule has 0 bridgehead atoms. The minimum Gasteiger partial charge on any atom is -0.0648 e. The molecular weight excluding hydrogens is 633 g/mol. The Morgan fingerprint density at radius 3 is 0.646 bits per heavy atom. The first kappa shape index (κ1) is 34.5. The molecule has 0 amide bonds. The lowest BCUT2D eigenvalue weighted by Gasteiger charge is -2.55. The second-order valence-corrected chi connectivity index (χ2v) is 20.3. The van der Waals surface area contributed by atoms with Crippen molar-refractivity contribution in [3.05, 3.63) is 182 Å². The highest BCUT2D eigenvalue weighted by Gasteiger charge is 2.52. The van der Waals surface area contributed by atoms with E-state index in [1.165, 1.54) is 31.8 Å². The van der Waals surface area contributed by atoms with Gasteiger partial charge in [-0.3, -0.25) is 0 Å². The second kappa shape index (κ2) is 16.3. The van der Waals surface area contributed by atoms with Gasteiger partial charge in [0, 0.05) is 0 Å². The summed E-state index contributed by atoms with van der Waals surface area (Å²) in [6.07, 6.45) is 1.10. The van der Waals surface area contributed by atoms with Gasteiger partial charge in [0.05, 0.1) is 0 Å². The molecule has 0 heterocycles. The molecule has 0 aliphatic rings. The van der Waals surface area contributed by atoms with Crippen LogP contribution in [0.5, 0.6) is 0 Å². The van der Waals surface area contributed by atoms with Gasteiger partial charge in [0.25, 0.3) is 0 Å². The zero-order chi connectivity index (χ0) is 33.3. The maximum absolute atomic E-state index is 2.62. The molecule has 3 heteroatoms. The highest BCUT2D eigenvalue weighted by atomic mass is 31.1. The van der Waals surface area contributed by atoms with E-state index in [4.69, 9.17) is 0 Å². The Hall–Kier alpha value is -3.39. The molecule has 0 saturated heterocycles. The zero-order valence-corrected chi connectivity index (χ0v) is 31.3. The molecule has 0 radical (unpaired) electrons.